The third-order valence-electron chi connectivity index (χ3n) is 7.79. The topological polar surface area (TPSA) is 82.2 Å². The highest BCUT2D eigenvalue weighted by Crippen LogP contribution is 2.44. The van der Waals surface area contributed by atoms with Gasteiger partial charge < -0.3 is 19.9 Å². The fraction of sp³-hybridized carbons (Fsp3) is 0.667. The van der Waals surface area contributed by atoms with Crippen molar-refractivity contribution in [1.29, 1.82) is 0 Å². The fourth-order valence-electron chi connectivity index (χ4n) is 5.35. The Labute approximate surface area is 219 Å². The zero-order valence-electron chi connectivity index (χ0n) is 21.7. The smallest absolute Gasteiger partial charge is 0.312 e. The molecule has 8 nitrogen and oxygen atoms in total. The van der Waals surface area contributed by atoms with Gasteiger partial charge in [-0.05, 0) is 37.5 Å². The fourth-order valence-corrected chi connectivity index (χ4v) is 5.54. The number of nitrogens with zero attached hydrogens (tertiary/aromatic N) is 3. The van der Waals surface area contributed by atoms with Gasteiger partial charge in [0.1, 0.15) is 6.10 Å². The van der Waals surface area contributed by atoms with Gasteiger partial charge in [0.05, 0.1) is 12.0 Å². The van der Waals surface area contributed by atoms with Crippen molar-refractivity contribution in [2.24, 2.45) is 10.8 Å². The first kappa shape index (κ1) is 26.7. The molecule has 2 amide bonds. The quantitative estimate of drug-likeness (QED) is 0.583. The predicted octanol–water partition coefficient (Wildman–Crippen LogP) is 2.94. The number of cyclic esters (lactones) is 1. The van der Waals surface area contributed by atoms with E-state index in [4.69, 9.17) is 16.3 Å². The maximum absolute atomic E-state index is 12.8. The number of likely N-dealkylation sites (tertiary alicyclic amines) is 1. The van der Waals surface area contributed by atoms with Gasteiger partial charge in [-0.25, -0.2) is 0 Å². The highest BCUT2D eigenvalue weighted by atomic mass is 35.5. The van der Waals surface area contributed by atoms with Crippen LogP contribution in [0, 0.1) is 10.8 Å². The van der Waals surface area contributed by atoms with Crippen molar-refractivity contribution < 1.29 is 19.1 Å². The molecule has 0 aliphatic carbocycles. The number of hydrogen-bond acceptors (Lipinski definition) is 6. The van der Waals surface area contributed by atoms with E-state index in [9.17, 15) is 14.4 Å². The maximum Gasteiger partial charge on any atom is 0.312 e. The Morgan fingerprint density at radius 1 is 1.11 bits per heavy atom. The minimum absolute atomic E-state index is 0.000744. The molecule has 3 fully saturated rings. The Hall–Kier alpha value is -2.32. The predicted molar refractivity (Wildman–Crippen MR) is 140 cm³/mol. The van der Waals surface area contributed by atoms with E-state index in [0.717, 1.165) is 56.3 Å². The number of esters is 1. The lowest BCUT2D eigenvalue weighted by Crippen LogP contribution is -2.49. The molecule has 9 heteroatoms. The molecule has 1 spiro atoms. The van der Waals surface area contributed by atoms with Crippen LogP contribution in [0.5, 0.6) is 0 Å². The third-order valence-corrected chi connectivity index (χ3v) is 8.03. The van der Waals surface area contributed by atoms with Gasteiger partial charge in [0.2, 0.25) is 11.8 Å². The first-order chi connectivity index (χ1) is 17.1. The van der Waals surface area contributed by atoms with Crippen molar-refractivity contribution in [3.05, 3.63) is 29.3 Å². The minimum atomic E-state index is -0.529. The Morgan fingerprint density at radius 2 is 1.81 bits per heavy atom. The lowest BCUT2D eigenvalue weighted by Gasteiger charge is -2.37. The van der Waals surface area contributed by atoms with Crippen molar-refractivity contribution in [3.8, 4) is 0 Å². The van der Waals surface area contributed by atoms with Gasteiger partial charge in [0, 0.05) is 68.4 Å². The van der Waals surface area contributed by atoms with E-state index in [1.165, 1.54) is 0 Å². The lowest BCUT2D eigenvalue weighted by molar-refractivity contribution is -0.152. The average Bonchev–Trinajstić information content (AvgIpc) is 3.15. The standard InChI is InChI=1S/C27H39ClN4O4/c1-26(2,3)24(34)29-19-23(33)32-11-8-27(9-12-32)18-22(36-25(27)35)7-10-30-13-15-31(16-14-30)21-6-4-5-20(28)17-21/h4-6,17,22H,7-16,18-19H2,1-3H3,(H,29,34)/t22-/m0/s1. The summed E-state index contributed by atoms with van der Waals surface area (Å²) in [5.74, 6) is -0.342. The van der Waals surface area contributed by atoms with E-state index in [2.05, 4.69) is 21.2 Å². The molecule has 1 N–H and O–H groups in total. The van der Waals surface area contributed by atoms with E-state index in [1.54, 1.807) is 4.90 Å². The summed E-state index contributed by atoms with van der Waals surface area (Å²) < 4.78 is 5.81. The van der Waals surface area contributed by atoms with Crippen LogP contribution in [-0.4, -0.2) is 86.0 Å². The number of amides is 2. The first-order valence-electron chi connectivity index (χ1n) is 13.1. The molecule has 3 heterocycles. The van der Waals surface area contributed by atoms with Gasteiger partial charge in [-0.3, -0.25) is 19.3 Å². The molecule has 0 unspecified atom stereocenters. The van der Waals surface area contributed by atoms with Crippen LogP contribution in [0.15, 0.2) is 24.3 Å². The number of ether oxygens (including phenoxy) is 1. The summed E-state index contributed by atoms with van der Waals surface area (Å²) in [5.41, 5.74) is 0.162. The van der Waals surface area contributed by atoms with E-state index in [-0.39, 0.29) is 30.4 Å². The molecular formula is C27H39ClN4O4. The Kier molecular flexibility index (Phi) is 8.15. The van der Waals surface area contributed by atoms with Crippen LogP contribution < -0.4 is 10.2 Å². The normalized spacial score (nSPS) is 22.6. The highest BCUT2D eigenvalue weighted by molar-refractivity contribution is 6.30. The Morgan fingerprint density at radius 3 is 2.44 bits per heavy atom. The number of piperazine rings is 1. The number of carbonyl (C=O) groups is 3. The van der Waals surface area contributed by atoms with Gasteiger partial charge in [-0.15, -0.1) is 0 Å². The molecule has 1 aromatic rings. The summed E-state index contributed by atoms with van der Waals surface area (Å²) in [6, 6.07) is 7.99. The van der Waals surface area contributed by atoms with Crippen LogP contribution in [0.1, 0.15) is 46.5 Å². The summed E-state index contributed by atoms with van der Waals surface area (Å²) in [5, 5.41) is 3.48. The van der Waals surface area contributed by atoms with Crippen LogP contribution in [0.3, 0.4) is 0 Å². The molecule has 1 aromatic carbocycles. The molecule has 1 atom stereocenters. The van der Waals surface area contributed by atoms with Crippen molar-refractivity contribution in [1.82, 2.24) is 15.1 Å². The largest absolute Gasteiger partial charge is 0.462 e. The van der Waals surface area contributed by atoms with Crippen LogP contribution in [0.4, 0.5) is 5.69 Å². The van der Waals surface area contributed by atoms with E-state index in [1.807, 2.05) is 39.0 Å². The Balaban J connectivity index is 1.18. The maximum atomic E-state index is 12.8. The van der Waals surface area contributed by atoms with Gasteiger partial charge in [-0.2, -0.15) is 0 Å². The molecule has 0 saturated carbocycles. The number of anilines is 1. The summed E-state index contributed by atoms with van der Waals surface area (Å²) >= 11 is 6.14. The van der Waals surface area contributed by atoms with Crippen molar-refractivity contribution in [2.75, 3.05) is 57.3 Å². The average molecular weight is 519 g/mol. The number of piperidine rings is 1. The van der Waals surface area contributed by atoms with Crippen LogP contribution >= 0.6 is 11.6 Å². The van der Waals surface area contributed by atoms with Gasteiger partial charge >= 0.3 is 5.97 Å². The molecule has 3 saturated heterocycles. The zero-order valence-corrected chi connectivity index (χ0v) is 22.5. The van der Waals surface area contributed by atoms with Gasteiger partial charge in [-0.1, -0.05) is 38.4 Å². The number of rotatable bonds is 6. The molecular weight excluding hydrogens is 480 g/mol. The lowest BCUT2D eigenvalue weighted by atomic mass is 9.75. The summed E-state index contributed by atoms with van der Waals surface area (Å²) in [7, 11) is 0. The third kappa shape index (κ3) is 6.32. The number of hydrogen-bond donors (Lipinski definition) is 1. The molecule has 0 aromatic heterocycles. The number of carbonyl (C=O) groups excluding carboxylic acids is 3. The van der Waals surface area contributed by atoms with Crippen molar-refractivity contribution in [3.63, 3.8) is 0 Å². The van der Waals surface area contributed by atoms with Crippen LogP contribution in [0.25, 0.3) is 0 Å². The van der Waals surface area contributed by atoms with Crippen molar-refractivity contribution in [2.45, 2.75) is 52.6 Å². The SMILES string of the molecule is CC(C)(C)C(=O)NCC(=O)N1CCC2(CC1)C[C@H](CCN1CCN(c3cccc(Cl)c3)CC1)OC2=O. The highest BCUT2D eigenvalue weighted by Gasteiger charge is 2.50. The summed E-state index contributed by atoms with van der Waals surface area (Å²) in [6.45, 7) is 11.3. The van der Waals surface area contributed by atoms with Crippen LogP contribution in [0.2, 0.25) is 5.02 Å². The Bertz CT molecular complexity index is 963. The molecule has 0 bridgehead atoms. The molecule has 198 valence electrons. The monoisotopic (exact) mass is 518 g/mol. The van der Waals surface area contributed by atoms with E-state index < -0.39 is 10.8 Å². The van der Waals surface area contributed by atoms with Gasteiger partial charge in [0.15, 0.2) is 0 Å². The number of halogens is 1. The summed E-state index contributed by atoms with van der Waals surface area (Å²) in [4.78, 5) is 44.0. The second-order valence-electron chi connectivity index (χ2n) is 11.4. The van der Waals surface area contributed by atoms with Gasteiger partial charge in [0.25, 0.3) is 0 Å². The first-order valence-corrected chi connectivity index (χ1v) is 13.4. The minimum Gasteiger partial charge on any atom is -0.462 e. The molecule has 4 rings (SSSR count). The second kappa shape index (κ2) is 11.0. The van der Waals surface area contributed by atoms with E-state index in [0.29, 0.717) is 25.9 Å². The zero-order chi connectivity index (χ0) is 25.9. The number of benzene rings is 1. The molecule has 36 heavy (non-hydrogen) atoms. The van der Waals surface area contributed by atoms with E-state index >= 15 is 0 Å². The second-order valence-corrected chi connectivity index (χ2v) is 11.9. The molecule has 3 aliphatic rings. The molecule has 0 radical (unpaired) electrons. The molecule has 3 aliphatic heterocycles. The summed E-state index contributed by atoms with van der Waals surface area (Å²) in [6.07, 6.45) is 2.76. The van der Waals surface area contributed by atoms with Crippen LogP contribution in [-0.2, 0) is 19.1 Å². The van der Waals surface area contributed by atoms with Crippen molar-refractivity contribution >= 4 is 35.1 Å². The number of nitrogens with one attached hydrogen (secondary N) is 1.